The van der Waals surface area contributed by atoms with Crippen molar-refractivity contribution in [3.63, 3.8) is 0 Å². The maximum atomic E-state index is 10.5. The molecule has 3 N–H and O–H groups in total. The van der Waals surface area contributed by atoms with Crippen LogP contribution in [0.15, 0.2) is 15.0 Å². The van der Waals surface area contributed by atoms with Crippen molar-refractivity contribution in [1.82, 2.24) is 4.90 Å². The van der Waals surface area contributed by atoms with Crippen molar-refractivity contribution in [3.8, 4) is 0 Å². The molecule has 3 atom stereocenters. The third-order valence-corrected chi connectivity index (χ3v) is 4.56. The summed E-state index contributed by atoms with van der Waals surface area (Å²) in [6.07, 6.45) is 1.44. The first-order valence-corrected chi connectivity index (χ1v) is 6.62. The summed E-state index contributed by atoms with van der Waals surface area (Å²) >= 11 is 0. The highest BCUT2D eigenvalue weighted by atomic mass is 16.5. The van der Waals surface area contributed by atoms with Crippen molar-refractivity contribution in [2.45, 2.75) is 31.3 Å². The van der Waals surface area contributed by atoms with E-state index in [2.05, 4.69) is 15.0 Å². The smallest absolute Gasteiger partial charge is 0.175 e. The van der Waals surface area contributed by atoms with Gasteiger partial charge >= 0.3 is 0 Å². The highest BCUT2D eigenvalue weighted by Gasteiger charge is 2.64. The van der Waals surface area contributed by atoms with Gasteiger partial charge in [-0.05, 0) is 12.8 Å². The first-order valence-electron chi connectivity index (χ1n) is 6.62. The summed E-state index contributed by atoms with van der Waals surface area (Å²) in [5.74, 6) is 0.591. The average Bonchev–Trinajstić information content (AvgIpc) is 3.06. The molecular weight excluding hydrogens is 262 g/mol. The number of rotatable bonds is 2. The molecule has 1 spiro atoms. The minimum atomic E-state index is -0.676. The Morgan fingerprint density at radius 2 is 2.30 bits per heavy atom. The lowest BCUT2D eigenvalue weighted by Gasteiger charge is -2.28. The third-order valence-electron chi connectivity index (χ3n) is 4.56. The lowest BCUT2D eigenvalue weighted by atomic mass is 9.94. The molecule has 0 unspecified atom stereocenters. The van der Waals surface area contributed by atoms with E-state index in [9.17, 15) is 10.2 Å². The van der Waals surface area contributed by atoms with Gasteiger partial charge < -0.3 is 19.8 Å². The molecule has 3 aliphatic heterocycles. The summed E-state index contributed by atoms with van der Waals surface area (Å²) in [6, 6.07) is 0. The van der Waals surface area contributed by atoms with Gasteiger partial charge in [0.05, 0.1) is 12.7 Å². The number of aliphatic hydroxyl groups excluding tert-OH is 2. The van der Waals surface area contributed by atoms with Crippen molar-refractivity contribution in [3.05, 3.63) is 0 Å². The van der Waals surface area contributed by atoms with Crippen molar-refractivity contribution in [2.75, 3.05) is 13.3 Å². The van der Waals surface area contributed by atoms with Crippen LogP contribution in [0.4, 0.5) is 0 Å². The first-order chi connectivity index (χ1) is 9.67. The zero-order valence-corrected chi connectivity index (χ0v) is 10.7. The zero-order valence-electron chi connectivity index (χ0n) is 10.7. The predicted molar refractivity (Wildman–Crippen MR) is 71.2 cm³/mol. The third kappa shape index (κ3) is 1.41. The molecule has 4 aliphatic rings. The van der Waals surface area contributed by atoms with Crippen LogP contribution in [0.3, 0.4) is 0 Å². The summed E-state index contributed by atoms with van der Waals surface area (Å²) in [5.41, 5.74) is 0.111. The Balaban J connectivity index is 1.63. The number of nitrogens with one attached hydrogen (secondary N) is 1. The highest BCUT2D eigenvalue weighted by Crippen LogP contribution is 2.58. The molecule has 0 bridgehead atoms. The molecule has 1 saturated carbocycles. The first kappa shape index (κ1) is 12.1. The van der Waals surface area contributed by atoms with Crippen molar-refractivity contribution < 1.29 is 14.9 Å². The van der Waals surface area contributed by atoms with E-state index in [4.69, 9.17) is 10.1 Å². The minimum absolute atomic E-state index is 0.0739. The number of nitrogens with zero attached hydrogens (tertiary/aromatic N) is 4. The standard InChI is InChI=1S/C12H15N5O3/c13-9-7-10(15-4-14-9)17(5-16-7)11-8(19)12(1-2-12)6(3-18)20-11/h4,6,8,11,13,18-19H,1-3,5H2/t6-,8+,11-/m1/s1. The molecule has 106 valence electrons. The number of ether oxygens (including phenoxy) is 1. The van der Waals surface area contributed by atoms with Gasteiger partial charge in [0.15, 0.2) is 17.9 Å². The van der Waals surface area contributed by atoms with E-state index in [-0.39, 0.29) is 30.6 Å². The molecule has 0 amide bonds. The van der Waals surface area contributed by atoms with Crippen LogP contribution in [0.2, 0.25) is 0 Å². The van der Waals surface area contributed by atoms with Crippen LogP contribution >= 0.6 is 0 Å². The van der Waals surface area contributed by atoms with E-state index < -0.39 is 12.3 Å². The van der Waals surface area contributed by atoms with E-state index in [0.29, 0.717) is 11.5 Å². The quantitative estimate of drug-likeness (QED) is 0.599. The van der Waals surface area contributed by atoms with Gasteiger partial charge in [0.2, 0.25) is 0 Å². The SMILES string of the molecule is N=C1N=CN=C2C1=NCN2[C@@H]1O[C@H](CO)C2(CC2)[C@H]1O. The Hall–Kier alpha value is -1.64. The van der Waals surface area contributed by atoms with Gasteiger partial charge in [-0.2, -0.15) is 0 Å². The van der Waals surface area contributed by atoms with Gasteiger partial charge in [-0.3, -0.25) is 10.4 Å². The molecular formula is C12H15N5O3. The molecule has 0 radical (unpaired) electrons. The van der Waals surface area contributed by atoms with Gasteiger partial charge in [0.25, 0.3) is 0 Å². The second-order valence-electron chi connectivity index (χ2n) is 5.54. The molecule has 8 nitrogen and oxygen atoms in total. The average molecular weight is 277 g/mol. The molecule has 0 aromatic carbocycles. The van der Waals surface area contributed by atoms with E-state index in [1.54, 1.807) is 4.90 Å². The summed E-state index contributed by atoms with van der Waals surface area (Å²) in [7, 11) is 0. The summed E-state index contributed by atoms with van der Waals surface area (Å²) in [6.45, 7) is 0.189. The summed E-state index contributed by atoms with van der Waals surface area (Å²) < 4.78 is 5.83. The van der Waals surface area contributed by atoms with E-state index in [0.717, 1.165) is 12.8 Å². The van der Waals surface area contributed by atoms with Crippen LogP contribution in [0, 0.1) is 10.8 Å². The lowest BCUT2D eigenvalue weighted by molar-refractivity contribution is -0.0682. The molecule has 20 heavy (non-hydrogen) atoms. The van der Waals surface area contributed by atoms with Crippen LogP contribution < -0.4 is 0 Å². The Morgan fingerprint density at radius 3 is 2.95 bits per heavy atom. The molecule has 1 saturated heterocycles. The van der Waals surface area contributed by atoms with E-state index >= 15 is 0 Å². The van der Waals surface area contributed by atoms with Gasteiger partial charge in [-0.15, -0.1) is 0 Å². The lowest BCUT2D eigenvalue weighted by Crippen LogP contribution is -2.47. The maximum Gasteiger partial charge on any atom is 0.175 e. The fourth-order valence-electron chi connectivity index (χ4n) is 3.22. The fraction of sp³-hybridized carbons (Fsp3) is 0.667. The monoisotopic (exact) mass is 277 g/mol. The zero-order chi connectivity index (χ0) is 13.9. The van der Waals surface area contributed by atoms with Gasteiger partial charge in [0.1, 0.15) is 24.8 Å². The molecule has 3 heterocycles. The largest absolute Gasteiger partial charge is 0.394 e. The molecule has 1 aliphatic carbocycles. The van der Waals surface area contributed by atoms with Gasteiger partial charge in [0, 0.05) is 5.41 Å². The predicted octanol–water partition coefficient (Wildman–Crippen LogP) is -1.02. The number of hydrogen-bond donors (Lipinski definition) is 3. The molecule has 2 fully saturated rings. The molecule has 8 heteroatoms. The number of fused-ring (bicyclic) bond motifs is 1. The van der Waals surface area contributed by atoms with Gasteiger partial charge in [-0.1, -0.05) is 0 Å². The van der Waals surface area contributed by atoms with E-state index in [1.807, 2.05) is 0 Å². The van der Waals surface area contributed by atoms with E-state index in [1.165, 1.54) is 6.34 Å². The second kappa shape index (κ2) is 3.94. The number of hydrogen-bond acceptors (Lipinski definition) is 7. The Bertz CT molecular complexity index is 565. The van der Waals surface area contributed by atoms with Crippen molar-refractivity contribution in [1.29, 1.82) is 5.41 Å². The van der Waals surface area contributed by atoms with Crippen LogP contribution in [-0.4, -0.2) is 70.5 Å². The molecule has 0 aromatic rings. The summed E-state index contributed by atoms with van der Waals surface area (Å²) in [4.78, 5) is 13.9. The van der Waals surface area contributed by atoms with Gasteiger partial charge in [-0.25, -0.2) is 9.98 Å². The van der Waals surface area contributed by atoms with Crippen LogP contribution in [0.1, 0.15) is 12.8 Å². The Morgan fingerprint density at radius 1 is 1.50 bits per heavy atom. The number of aliphatic imine (C=N–C) groups is 3. The Labute approximate surface area is 115 Å². The number of amidine groups is 2. The van der Waals surface area contributed by atoms with Crippen LogP contribution in [-0.2, 0) is 4.74 Å². The topological polar surface area (TPSA) is 114 Å². The van der Waals surface area contributed by atoms with Crippen molar-refractivity contribution in [2.24, 2.45) is 20.4 Å². The summed E-state index contributed by atoms with van der Waals surface area (Å²) in [5, 5.41) is 27.7. The highest BCUT2D eigenvalue weighted by molar-refractivity contribution is 6.69. The molecule has 4 rings (SSSR count). The number of aliphatic hydroxyl groups is 2. The normalized spacial score (nSPS) is 37.2. The van der Waals surface area contributed by atoms with Crippen LogP contribution in [0.5, 0.6) is 0 Å². The minimum Gasteiger partial charge on any atom is -0.394 e. The second-order valence-corrected chi connectivity index (χ2v) is 5.54. The fourth-order valence-corrected chi connectivity index (χ4v) is 3.22. The Kier molecular flexibility index (Phi) is 2.39. The molecule has 0 aromatic heterocycles. The van der Waals surface area contributed by atoms with Crippen molar-refractivity contribution >= 4 is 23.7 Å². The van der Waals surface area contributed by atoms with Crippen LogP contribution in [0.25, 0.3) is 0 Å². The maximum absolute atomic E-state index is 10.5.